The third-order valence-corrected chi connectivity index (χ3v) is 4.44. The van der Waals surface area contributed by atoms with Gasteiger partial charge in [-0.25, -0.2) is 4.79 Å². The van der Waals surface area contributed by atoms with Gasteiger partial charge in [-0.2, -0.15) is 0 Å². The van der Waals surface area contributed by atoms with Crippen LogP contribution in [-0.4, -0.2) is 18.0 Å². The number of aryl methyl sites for hydroxylation is 1. The van der Waals surface area contributed by atoms with Gasteiger partial charge in [0.05, 0.1) is 16.5 Å². The Balaban J connectivity index is 2.29. The third kappa shape index (κ3) is 3.71. The van der Waals surface area contributed by atoms with Gasteiger partial charge in [0, 0.05) is 5.69 Å². The number of nitrogens with two attached hydrogens (primary N) is 1. The molecule has 0 aliphatic carbocycles. The molecule has 0 bridgehead atoms. The van der Waals surface area contributed by atoms with Gasteiger partial charge in [0.25, 0.3) is 5.91 Å². The van der Waals surface area contributed by atoms with E-state index >= 15 is 0 Å². The summed E-state index contributed by atoms with van der Waals surface area (Å²) < 4.78 is 5.18. The number of para-hydroxylation sites is 1. The lowest BCUT2D eigenvalue weighted by Crippen LogP contribution is -2.15. The Morgan fingerprint density at radius 2 is 1.87 bits per heavy atom. The first-order valence-electron chi connectivity index (χ1n) is 7.28. The maximum absolute atomic E-state index is 12.5. The fraction of sp³-hybridized carbons (Fsp3) is 0.294. The van der Waals surface area contributed by atoms with Crippen molar-refractivity contribution in [2.75, 3.05) is 11.1 Å². The minimum Gasteiger partial charge on any atom is -0.459 e. The van der Waals surface area contributed by atoms with Crippen LogP contribution < -0.4 is 11.1 Å². The van der Waals surface area contributed by atoms with Crippen LogP contribution in [0, 0.1) is 13.8 Å². The number of esters is 1. The zero-order valence-electron chi connectivity index (χ0n) is 13.6. The van der Waals surface area contributed by atoms with E-state index in [0.29, 0.717) is 15.4 Å². The number of thiophene rings is 1. The van der Waals surface area contributed by atoms with Gasteiger partial charge in [0.1, 0.15) is 5.00 Å². The molecule has 0 atom stereocenters. The van der Waals surface area contributed by atoms with Gasteiger partial charge in [0.15, 0.2) is 0 Å². The lowest BCUT2D eigenvalue weighted by atomic mass is 10.1. The van der Waals surface area contributed by atoms with Crippen LogP contribution in [-0.2, 0) is 4.74 Å². The van der Waals surface area contributed by atoms with Crippen molar-refractivity contribution >= 4 is 33.9 Å². The number of amides is 1. The molecule has 2 aromatic rings. The molecule has 0 aliphatic heterocycles. The Bertz CT molecular complexity index is 750. The summed E-state index contributed by atoms with van der Waals surface area (Å²) in [6.45, 7) is 7.15. The van der Waals surface area contributed by atoms with Crippen molar-refractivity contribution in [3.05, 3.63) is 45.8 Å². The molecule has 0 saturated carbocycles. The molecule has 122 valence electrons. The van der Waals surface area contributed by atoms with Crippen molar-refractivity contribution in [3.8, 4) is 0 Å². The molecule has 0 spiro atoms. The number of anilines is 2. The van der Waals surface area contributed by atoms with Crippen LogP contribution >= 0.6 is 11.3 Å². The van der Waals surface area contributed by atoms with Crippen molar-refractivity contribution in [3.63, 3.8) is 0 Å². The zero-order chi connectivity index (χ0) is 17.1. The highest BCUT2D eigenvalue weighted by atomic mass is 32.1. The predicted molar refractivity (Wildman–Crippen MR) is 93.2 cm³/mol. The van der Waals surface area contributed by atoms with Crippen molar-refractivity contribution in [1.29, 1.82) is 0 Å². The fourth-order valence-electron chi connectivity index (χ4n) is 2.17. The second-order valence-corrected chi connectivity index (χ2v) is 6.57. The molecule has 5 nitrogen and oxygen atoms in total. The van der Waals surface area contributed by atoms with Crippen molar-refractivity contribution in [2.24, 2.45) is 0 Å². The fourth-order valence-corrected chi connectivity index (χ4v) is 3.13. The van der Waals surface area contributed by atoms with Crippen molar-refractivity contribution in [2.45, 2.75) is 33.8 Å². The normalized spacial score (nSPS) is 10.7. The maximum Gasteiger partial charge on any atom is 0.341 e. The first-order valence-corrected chi connectivity index (χ1v) is 8.09. The van der Waals surface area contributed by atoms with E-state index in [0.717, 1.165) is 22.6 Å². The van der Waals surface area contributed by atoms with E-state index in [1.54, 1.807) is 20.8 Å². The molecule has 23 heavy (non-hydrogen) atoms. The summed E-state index contributed by atoms with van der Waals surface area (Å²) in [5.74, 6) is -0.779. The quantitative estimate of drug-likeness (QED) is 0.835. The average Bonchev–Trinajstić information content (AvgIpc) is 2.75. The number of ether oxygens (including phenoxy) is 1. The van der Waals surface area contributed by atoms with E-state index in [-0.39, 0.29) is 17.6 Å². The molecule has 0 radical (unpaired) electrons. The van der Waals surface area contributed by atoms with Crippen LogP contribution in [0.5, 0.6) is 0 Å². The Hall–Kier alpha value is -2.34. The highest BCUT2D eigenvalue weighted by Crippen LogP contribution is 2.32. The molecule has 1 amide bonds. The summed E-state index contributed by atoms with van der Waals surface area (Å²) in [6.07, 6.45) is -0.245. The first-order chi connectivity index (χ1) is 10.8. The number of hydrogen-bond acceptors (Lipinski definition) is 5. The summed E-state index contributed by atoms with van der Waals surface area (Å²) >= 11 is 1.09. The molecule has 6 heteroatoms. The number of nitrogen functional groups attached to an aromatic ring is 1. The second kappa shape index (κ2) is 6.83. The topological polar surface area (TPSA) is 81.4 Å². The van der Waals surface area contributed by atoms with Gasteiger partial charge in [0.2, 0.25) is 0 Å². The van der Waals surface area contributed by atoms with E-state index in [1.165, 1.54) is 0 Å². The zero-order valence-corrected chi connectivity index (χ0v) is 14.4. The van der Waals surface area contributed by atoms with Crippen LogP contribution in [0.1, 0.15) is 45.0 Å². The largest absolute Gasteiger partial charge is 0.459 e. The van der Waals surface area contributed by atoms with Crippen LogP contribution in [0.2, 0.25) is 0 Å². The van der Waals surface area contributed by atoms with Gasteiger partial charge < -0.3 is 15.8 Å². The number of carbonyl (C=O) groups excluding carboxylic acids is 2. The Morgan fingerprint density at radius 1 is 1.22 bits per heavy atom. The monoisotopic (exact) mass is 332 g/mol. The second-order valence-electron chi connectivity index (χ2n) is 5.52. The van der Waals surface area contributed by atoms with Crippen LogP contribution in [0.25, 0.3) is 0 Å². The Kier molecular flexibility index (Phi) is 5.05. The first kappa shape index (κ1) is 17.0. The molecule has 0 saturated heterocycles. The summed E-state index contributed by atoms with van der Waals surface area (Å²) in [6, 6.07) is 7.49. The van der Waals surface area contributed by atoms with E-state index < -0.39 is 5.97 Å². The minimum atomic E-state index is -0.499. The summed E-state index contributed by atoms with van der Waals surface area (Å²) in [5, 5.41) is 3.15. The standard InChI is InChI=1S/C17H20N2O3S/c1-9(2)22-17(21)13-11(4)14(23-15(13)18)16(20)19-12-8-6-5-7-10(12)3/h5-9H,18H2,1-4H3,(H,19,20). The average molecular weight is 332 g/mol. The molecule has 2 rings (SSSR count). The summed E-state index contributed by atoms with van der Waals surface area (Å²) in [5.41, 5.74) is 8.43. The van der Waals surface area contributed by atoms with Crippen LogP contribution in [0.4, 0.5) is 10.7 Å². The molecule has 3 N–H and O–H groups in total. The Morgan fingerprint density at radius 3 is 2.48 bits per heavy atom. The predicted octanol–water partition coefficient (Wildman–Crippen LogP) is 3.76. The minimum absolute atomic E-state index is 0.245. The smallest absolute Gasteiger partial charge is 0.341 e. The summed E-state index contributed by atoms with van der Waals surface area (Å²) in [4.78, 5) is 25.0. The number of nitrogens with one attached hydrogen (secondary N) is 1. The van der Waals surface area contributed by atoms with E-state index in [9.17, 15) is 9.59 Å². The molecule has 1 aromatic heterocycles. The SMILES string of the molecule is Cc1ccccc1NC(=O)c1sc(N)c(C(=O)OC(C)C)c1C. The molecular formula is C17H20N2O3S. The number of carbonyl (C=O) groups is 2. The van der Waals surface area contributed by atoms with Gasteiger partial charge in [-0.3, -0.25) is 4.79 Å². The van der Waals surface area contributed by atoms with Gasteiger partial charge in [-0.05, 0) is 44.9 Å². The van der Waals surface area contributed by atoms with Gasteiger partial charge in [-0.1, -0.05) is 18.2 Å². The van der Waals surface area contributed by atoms with E-state index in [4.69, 9.17) is 10.5 Å². The van der Waals surface area contributed by atoms with Crippen LogP contribution in [0.3, 0.4) is 0 Å². The molecule has 1 aromatic carbocycles. The number of benzene rings is 1. The van der Waals surface area contributed by atoms with Crippen molar-refractivity contribution in [1.82, 2.24) is 0 Å². The maximum atomic E-state index is 12.5. The van der Waals surface area contributed by atoms with Gasteiger partial charge in [-0.15, -0.1) is 11.3 Å². The molecule has 0 unspecified atom stereocenters. The van der Waals surface area contributed by atoms with Gasteiger partial charge >= 0.3 is 5.97 Å². The van der Waals surface area contributed by atoms with E-state index in [1.807, 2.05) is 31.2 Å². The van der Waals surface area contributed by atoms with Crippen LogP contribution in [0.15, 0.2) is 24.3 Å². The molecular weight excluding hydrogens is 312 g/mol. The highest BCUT2D eigenvalue weighted by molar-refractivity contribution is 7.18. The molecule has 0 fully saturated rings. The third-order valence-electron chi connectivity index (χ3n) is 3.32. The summed E-state index contributed by atoms with van der Waals surface area (Å²) in [7, 11) is 0. The van der Waals surface area contributed by atoms with Crippen molar-refractivity contribution < 1.29 is 14.3 Å². The van der Waals surface area contributed by atoms with E-state index in [2.05, 4.69) is 5.32 Å². The number of hydrogen-bond donors (Lipinski definition) is 2. The Labute approximate surface area is 139 Å². The highest BCUT2D eigenvalue weighted by Gasteiger charge is 2.25. The molecule has 0 aliphatic rings. The molecule has 1 heterocycles. The lowest BCUT2D eigenvalue weighted by molar-refractivity contribution is 0.0379. The number of rotatable bonds is 4. The lowest BCUT2D eigenvalue weighted by Gasteiger charge is -2.09.